The molecule has 2 heterocycles. The van der Waals surface area contributed by atoms with E-state index in [-0.39, 0.29) is 56.4 Å². The third kappa shape index (κ3) is 6.25. The minimum atomic E-state index is -1.13. The Hall–Kier alpha value is -4.67. The third-order valence-corrected chi connectivity index (χ3v) is 6.52. The first-order valence-corrected chi connectivity index (χ1v) is 12.6. The van der Waals surface area contributed by atoms with Crippen LogP contribution in [0.25, 0.3) is 10.9 Å². The number of piperazine rings is 1. The number of nitrogens with one attached hydrogen (secondary N) is 1. The number of amides is 3. The summed E-state index contributed by atoms with van der Waals surface area (Å²) < 4.78 is 10.5. The van der Waals surface area contributed by atoms with E-state index < -0.39 is 24.0 Å². The highest BCUT2D eigenvalue weighted by molar-refractivity contribution is 5.99. The van der Waals surface area contributed by atoms with Gasteiger partial charge in [-0.2, -0.15) is 0 Å². The lowest BCUT2D eigenvalue weighted by Crippen LogP contribution is -2.56. The van der Waals surface area contributed by atoms with Gasteiger partial charge in [0.1, 0.15) is 17.5 Å². The van der Waals surface area contributed by atoms with Crippen molar-refractivity contribution in [3.63, 3.8) is 0 Å². The van der Waals surface area contributed by atoms with E-state index in [1.165, 1.54) is 24.1 Å². The SMILES string of the molecule is CCOC(=O)N1CCN(C(=O)C(Cc2ccccc2C(=O)O)NC(=O)c2cc(OC)c3ccccc3n2)CC1. The van der Waals surface area contributed by atoms with Crippen LogP contribution in [0.1, 0.15) is 33.3 Å². The van der Waals surface area contributed by atoms with Crippen molar-refractivity contribution in [3.05, 3.63) is 71.4 Å². The standard InChI is InChI=1S/C28H30N4O7/c1-3-39-28(37)32-14-12-31(13-15-32)26(34)23(16-18-8-4-5-9-19(18)27(35)36)30-25(33)22-17-24(38-2)20-10-6-7-11-21(20)29-22/h4-11,17,23H,3,12-16H2,1-2H3,(H,30,33)(H,35,36). The molecule has 0 saturated carbocycles. The first-order chi connectivity index (χ1) is 18.8. The number of ether oxygens (including phenoxy) is 2. The first kappa shape index (κ1) is 27.4. The summed E-state index contributed by atoms with van der Waals surface area (Å²) in [4.78, 5) is 58.5. The molecule has 3 amide bonds. The van der Waals surface area contributed by atoms with Crippen molar-refractivity contribution in [1.29, 1.82) is 0 Å². The Morgan fingerprint density at radius 1 is 1.00 bits per heavy atom. The number of fused-ring (bicyclic) bond motifs is 1. The Bertz CT molecular complexity index is 1390. The molecule has 2 aromatic carbocycles. The van der Waals surface area contributed by atoms with Crippen LogP contribution < -0.4 is 10.1 Å². The Labute approximate surface area is 225 Å². The number of nitrogens with zero attached hydrogens (tertiary/aromatic N) is 3. The van der Waals surface area contributed by atoms with Crippen molar-refractivity contribution in [1.82, 2.24) is 20.1 Å². The van der Waals surface area contributed by atoms with Crippen molar-refractivity contribution in [2.24, 2.45) is 0 Å². The molecule has 2 N–H and O–H groups in total. The van der Waals surface area contributed by atoms with E-state index in [0.717, 1.165) is 5.39 Å². The van der Waals surface area contributed by atoms with Crippen molar-refractivity contribution in [2.45, 2.75) is 19.4 Å². The molecule has 39 heavy (non-hydrogen) atoms. The predicted octanol–water partition coefficient (Wildman–Crippen LogP) is 2.58. The van der Waals surface area contributed by atoms with Gasteiger partial charge in [-0.15, -0.1) is 0 Å². The van der Waals surface area contributed by atoms with E-state index in [2.05, 4.69) is 10.3 Å². The molecule has 0 radical (unpaired) electrons. The zero-order chi connectivity index (χ0) is 27.9. The van der Waals surface area contributed by atoms with Crippen molar-refractivity contribution >= 4 is 34.8 Å². The molecule has 204 valence electrons. The van der Waals surface area contributed by atoms with E-state index in [1.807, 2.05) is 12.1 Å². The summed E-state index contributed by atoms with van der Waals surface area (Å²) in [5.41, 5.74) is 1.05. The van der Waals surface area contributed by atoms with Crippen LogP contribution in [0.5, 0.6) is 5.75 Å². The topological polar surface area (TPSA) is 138 Å². The molecule has 1 saturated heterocycles. The van der Waals surface area contributed by atoms with E-state index in [4.69, 9.17) is 9.47 Å². The van der Waals surface area contributed by atoms with E-state index in [1.54, 1.807) is 42.2 Å². The largest absolute Gasteiger partial charge is 0.496 e. The van der Waals surface area contributed by atoms with Gasteiger partial charge in [-0.1, -0.05) is 30.3 Å². The summed E-state index contributed by atoms with van der Waals surface area (Å²) in [5.74, 6) is -1.66. The molecule has 0 bridgehead atoms. The summed E-state index contributed by atoms with van der Waals surface area (Å²) >= 11 is 0. The number of carbonyl (C=O) groups is 4. The quantitative estimate of drug-likeness (QED) is 0.450. The van der Waals surface area contributed by atoms with Crippen LogP contribution in [0, 0.1) is 0 Å². The Morgan fingerprint density at radius 3 is 2.36 bits per heavy atom. The Kier molecular flexibility index (Phi) is 8.60. The van der Waals surface area contributed by atoms with Crippen LogP contribution in [-0.2, 0) is 16.0 Å². The van der Waals surface area contributed by atoms with Crippen molar-refractivity contribution in [3.8, 4) is 5.75 Å². The lowest BCUT2D eigenvalue weighted by atomic mass is 9.99. The maximum absolute atomic E-state index is 13.7. The van der Waals surface area contributed by atoms with Crippen LogP contribution in [0.4, 0.5) is 4.79 Å². The minimum Gasteiger partial charge on any atom is -0.496 e. The smallest absolute Gasteiger partial charge is 0.409 e. The fourth-order valence-corrected chi connectivity index (χ4v) is 4.53. The Morgan fingerprint density at radius 2 is 1.67 bits per heavy atom. The summed E-state index contributed by atoms with van der Waals surface area (Å²) in [6, 6.07) is 14.0. The zero-order valence-electron chi connectivity index (χ0n) is 21.8. The van der Waals surface area contributed by atoms with Crippen LogP contribution in [0.3, 0.4) is 0 Å². The lowest BCUT2D eigenvalue weighted by molar-refractivity contribution is -0.134. The highest BCUT2D eigenvalue weighted by Crippen LogP contribution is 2.25. The van der Waals surface area contributed by atoms with Gasteiger partial charge >= 0.3 is 12.1 Å². The third-order valence-electron chi connectivity index (χ3n) is 6.52. The number of carboxylic acids is 1. The monoisotopic (exact) mass is 534 g/mol. The normalized spacial score (nSPS) is 14.0. The summed E-state index contributed by atoms with van der Waals surface area (Å²) in [7, 11) is 1.49. The maximum atomic E-state index is 13.7. The van der Waals surface area contributed by atoms with Gasteiger partial charge in [-0.25, -0.2) is 14.6 Å². The molecule has 1 aliphatic heterocycles. The van der Waals surface area contributed by atoms with Gasteiger partial charge in [0.15, 0.2) is 0 Å². The number of hydrogen-bond donors (Lipinski definition) is 2. The van der Waals surface area contributed by atoms with Gasteiger partial charge in [0.05, 0.1) is 24.8 Å². The van der Waals surface area contributed by atoms with Gasteiger partial charge in [0.25, 0.3) is 5.91 Å². The number of pyridine rings is 1. The number of aromatic carboxylic acids is 1. The minimum absolute atomic E-state index is 0.0437. The number of carbonyl (C=O) groups excluding carboxylic acids is 3. The second-order valence-corrected chi connectivity index (χ2v) is 8.93. The number of rotatable bonds is 8. The first-order valence-electron chi connectivity index (χ1n) is 12.6. The highest BCUT2D eigenvalue weighted by Gasteiger charge is 2.32. The fourth-order valence-electron chi connectivity index (χ4n) is 4.53. The van der Waals surface area contributed by atoms with Gasteiger partial charge in [-0.3, -0.25) is 9.59 Å². The van der Waals surface area contributed by atoms with Crippen molar-refractivity contribution < 1.29 is 33.8 Å². The molecule has 11 heteroatoms. The predicted molar refractivity (Wildman–Crippen MR) is 142 cm³/mol. The number of carboxylic acid groups (broad SMARTS) is 1. The van der Waals surface area contributed by atoms with Crippen LogP contribution in [0.15, 0.2) is 54.6 Å². The van der Waals surface area contributed by atoms with Gasteiger partial charge in [0.2, 0.25) is 5.91 Å². The average molecular weight is 535 g/mol. The van der Waals surface area contributed by atoms with Gasteiger partial charge < -0.3 is 29.7 Å². The average Bonchev–Trinajstić information content (AvgIpc) is 2.96. The second-order valence-electron chi connectivity index (χ2n) is 8.93. The highest BCUT2D eigenvalue weighted by atomic mass is 16.6. The van der Waals surface area contributed by atoms with Gasteiger partial charge in [-0.05, 0) is 30.7 Å². The van der Waals surface area contributed by atoms with E-state index in [9.17, 15) is 24.3 Å². The molecule has 1 aliphatic rings. The van der Waals surface area contributed by atoms with E-state index >= 15 is 0 Å². The van der Waals surface area contributed by atoms with Gasteiger partial charge in [0, 0.05) is 44.1 Å². The molecule has 0 spiro atoms. The molecule has 4 rings (SSSR count). The molecule has 1 aromatic heterocycles. The lowest BCUT2D eigenvalue weighted by Gasteiger charge is -2.36. The molecule has 1 fully saturated rings. The van der Waals surface area contributed by atoms with E-state index in [0.29, 0.717) is 16.8 Å². The van der Waals surface area contributed by atoms with Crippen LogP contribution in [0.2, 0.25) is 0 Å². The molecule has 11 nitrogen and oxygen atoms in total. The number of methoxy groups -OCH3 is 1. The summed E-state index contributed by atoms with van der Waals surface area (Å²) in [5, 5.41) is 13.2. The molecular formula is C28H30N4O7. The number of hydrogen-bond acceptors (Lipinski definition) is 7. The summed E-state index contributed by atoms with van der Waals surface area (Å²) in [6.07, 6.45) is -0.489. The number of aromatic nitrogens is 1. The fraction of sp³-hybridized carbons (Fsp3) is 0.321. The van der Waals surface area contributed by atoms with Crippen molar-refractivity contribution in [2.75, 3.05) is 39.9 Å². The van der Waals surface area contributed by atoms with Crippen LogP contribution in [-0.4, -0.2) is 89.7 Å². The number of benzene rings is 2. The molecule has 1 atom stereocenters. The molecule has 0 aliphatic carbocycles. The Balaban J connectivity index is 1.60. The zero-order valence-corrected chi connectivity index (χ0v) is 21.8. The number of para-hydroxylation sites is 1. The maximum Gasteiger partial charge on any atom is 0.409 e. The molecule has 3 aromatic rings. The summed E-state index contributed by atoms with van der Waals surface area (Å²) in [6.45, 7) is 3.02. The molecular weight excluding hydrogens is 504 g/mol. The second kappa shape index (κ2) is 12.2. The van der Waals surface area contributed by atoms with Crippen LogP contribution >= 0.6 is 0 Å². The molecule has 1 unspecified atom stereocenters.